The maximum atomic E-state index is 12.8. The molecule has 1 fully saturated rings. The monoisotopic (exact) mass is 363 g/mol. The number of likely N-dealkylation sites (tertiary alicyclic amines) is 1. The number of piperidine rings is 1. The number of rotatable bonds is 7. The van der Waals surface area contributed by atoms with E-state index in [1.54, 1.807) is 0 Å². The van der Waals surface area contributed by atoms with Gasteiger partial charge in [0.05, 0.1) is 18.7 Å². The summed E-state index contributed by atoms with van der Waals surface area (Å²) in [6.45, 7) is 4.79. The second-order valence-electron chi connectivity index (χ2n) is 6.79. The van der Waals surface area contributed by atoms with Crippen LogP contribution in [0.1, 0.15) is 26.7 Å². The number of hydrogen-bond donors (Lipinski definition) is 3. The zero-order chi connectivity index (χ0) is 19.1. The summed E-state index contributed by atoms with van der Waals surface area (Å²) in [5, 5.41) is 4.24. The van der Waals surface area contributed by atoms with E-state index in [1.165, 1.54) is 5.06 Å². The van der Waals surface area contributed by atoms with Gasteiger partial charge in [-0.25, -0.2) is 4.79 Å². The average molecular weight is 363 g/mol. The van der Waals surface area contributed by atoms with Gasteiger partial charge in [0.25, 0.3) is 0 Å². The number of nitrogens with one attached hydrogen (secondary N) is 1. The SMILES string of the molecule is CC(C)ON(C(=O)Nc1ccccc1)[C@@H]1CC[C@@H](CN)N(CC(N)=O)C1. The third-order valence-corrected chi connectivity index (χ3v) is 4.31. The molecule has 1 heterocycles. The molecule has 26 heavy (non-hydrogen) atoms. The van der Waals surface area contributed by atoms with Crippen molar-refractivity contribution in [1.29, 1.82) is 0 Å². The Labute approximate surface area is 154 Å². The van der Waals surface area contributed by atoms with Crippen LogP contribution in [0.3, 0.4) is 0 Å². The Morgan fingerprint density at radius 3 is 2.58 bits per heavy atom. The summed E-state index contributed by atoms with van der Waals surface area (Å²) in [6.07, 6.45) is 1.35. The van der Waals surface area contributed by atoms with Crippen LogP contribution in [0, 0.1) is 0 Å². The lowest BCUT2D eigenvalue weighted by molar-refractivity contribution is -0.180. The molecule has 0 aromatic heterocycles. The van der Waals surface area contributed by atoms with Crippen molar-refractivity contribution in [1.82, 2.24) is 9.96 Å². The zero-order valence-electron chi connectivity index (χ0n) is 15.4. The molecule has 1 aliphatic heterocycles. The van der Waals surface area contributed by atoms with Crippen molar-refractivity contribution < 1.29 is 14.4 Å². The van der Waals surface area contributed by atoms with Crippen LogP contribution in [0.2, 0.25) is 0 Å². The van der Waals surface area contributed by atoms with Crippen molar-refractivity contribution in [2.75, 3.05) is 25.0 Å². The van der Waals surface area contributed by atoms with Gasteiger partial charge in [0, 0.05) is 24.8 Å². The van der Waals surface area contributed by atoms with E-state index < -0.39 is 5.91 Å². The van der Waals surface area contributed by atoms with E-state index in [2.05, 4.69) is 5.32 Å². The summed E-state index contributed by atoms with van der Waals surface area (Å²) in [7, 11) is 0. The lowest BCUT2D eigenvalue weighted by Gasteiger charge is -2.42. The summed E-state index contributed by atoms with van der Waals surface area (Å²) in [5.74, 6) is -0.408. The Kier molecular flexibility index (Phi) is 7.38. The maximum absolute atomic E-state index is 12.8. The highest BCUT2D eigenvalue weighted by Crippen LogP contribution is 2.22. The number of hydrogen-bond acceptors (Lipinski definition) is 5. The molecule has 2 atom stereocenters. The van der Waals surface area contributed by atoms with Crippen LogP contribution in [0.5, 0.6) is 0 Å². The van der Waals surface area contributed by atoms with Crippen LogP contribution < -0.4 is 16.8 Å². The van der Waals surface area contributed by atoms with Crippen LogP contribution >= 0.6 is 0 Å². The van der Waals surface area contributed by atoms with Crippen molar-refractivity contribution in [2.24, 2.45) is 11.5 Å². The number of anilines is 1. The number of nitrogens with two attached hydrogens (primary N) is 2. The third kappa shape index (κ3) is 5.69. The fourth-order valence-electron chi connectivity index (χ4n) is 3.16. The Morgan fingerprint density at radius 1 is 1.31 bits per heavy atom. The Balaban J connectivity index is 2.12. The first kappa shape index (κ1) is 20.2. The van der Waals surface area contributed by atoms with E-state index in [0.29, 0.717) is 18.8 Å². The highest BCUT2D eigenvalue weighted by Gasteiger charge is 2.35. The van der Waals surface area contributed by atoms with Crippen LogP contribution in [0.4, 0.5) is 10.5 Å². The number of para-hydroxylation sites is 1. The Bertz CT molecular complexity index is 596. The van der Waals surface area contributed by atoms with Crippen LogP contribution in [0.15, 0.2) is 30.3 Å². The minimum Gasteiger partial charge on any atom is -0.369 e. The third-order valence-electron chi connectivity index (χ3n) is 4.31. The van der Waals surface area contributed by atoms with E-state index in [-0.39, 0.29) is 30.8 Å². The van der Waals surface area contributed by atoms with Gasteiger partial charge < -0.3 is 16.8 Å². The summed E-state index contributed by atoms with van der Waals surface area (Å²) >= 11 is 0. The number of primary amides is 1. The molecule has 0 bridgehead atoms. The summed E-state index contributed by atoms with van der Waals surface area (Å²) in [5.41, 5.74) is 11.9. The Hall–Kier alpha value is -2.16. The van der Waals surface area contributed by atoms with Gasteiger partial charge in [-0.05, 0) is 38.8 Å². The van der Waals surface area contributed by atoms with Crippen molar-refractivity contribution in [3.63, 3.8) is 0 Å². The molecule has 0 spiro atoms. The number of amides is 3. The quantitative estimate of drug-likeness (QED) is 0.629. The van der Waals surface area contributed by atoms with Crippen LogP contribution in [-0.2, 0) is 9.63 Å². The van der Waals surface area contributed by atoms with Gasteiger partial charge in [-0.3, -0.25) is 14.5 Å². The zero-order valence-corrected chi connectivity index (χ0v) is 15.4. The first-order chi connectivity index (χ1) is 12.4. The van der Waals surface area contributed by atoms with Gasteiger partial charge in [-0.1, -0.05) is 18.2 Å². The number of carbonyl (C=O) groups is 2. The number of carbonyl (C=O) groups excluding carboxylic acids is 2. The molecule has 1 saturated heterocycles. The highest BCUT2D eigenvalue weighted by atomic mass is 16.7. The van der Waals surface area contributed by atoms with E-state index in [0.717, 1.165) is 12.8 Å². The molecule has 144 valence electrons. The molecular formula is C18H29N5O3. The minimum atomic E-state index is -0.408. The highest BCUT2D eigenvalue weighted by molar-refractivity contribution is 5.88. The minimum absolute atomic E-state index is 0.0804. The molecular weight excluding hydrogens is 334 g/mol. The standard InChI is InChI=1S/C18H29N5O3/c1-13(2)26-23(18(25)21-14-6-4-3-5-7-14)16-9-8-15(10-19)22(11-16)12-17(20)24/h3-7,13,15-16H,8-12,19H2,1-2H3,(H2,20,24)(H,21,25)/t15-,16+/m0/s1. The predicted molar refractivity (Wildman–Crippen MR) is 100 cm³/mol. The average Bonchev–Trinajstić information content (AvgIpc) is 2.59. The largest absolute Gasteiger partial charge is 0.369 e. The van der Waals surface area contributed by atoms with Gasteiger partial charge in [-0.15, -0.1) is 0 Å². The second kappa shape index (κ2) is 9.51. The van der Waals surface area contributed by atoms with Gasteiger partial charge in [0.1, 0.15) is 0 Å². The van der Waals surface area contributed by atoms with Crippen LogP contribution in [-0.4, -0.2) is 59.7 Å². The molecule has 1 aromatic rings. The van der Waals surface area contributed by atoms with Gasteiger partial charge in [-0.2, -0.15) is 5.06 Å². The summed E-state index contributed by atoms with van der Waals surface area (Å²) in [4.78, 5) is 31.9. The number of benzene rings is 1. The Morgan fingerprint density at radius 2 is 2.00 bits per heavy atom. The summed E-state index contributed by atoms with van der Waals surface area (Å²) < 4.78 is 0. The lowest BCUT2D eigenvalue weighted by atomic mass is 9.98. The molecule has 2 rings (SSSR count). The number of urea groups is 1. The van der Waals surface area contributed by atoms with E-state index in [1.807, 2.05) is 49.1 Å². The fraction of sp³-hybridized carbons (Fsp3) is 0.556. The van der Waals surface area contributed by atoms with E-state index in [4.69, 9.17) is 16.3 Å². The lowest BCUT2D eigenvalue weighted by Crippen LogP contribution is -2.57. The molecule has 8 heteroatoms. The normalized spacial score (nSPS) is 20.8. The molecule has 1 aliphatic rings. The van der Waals surface area contributed by atoms with Gasteiger partial charge in [0.15, 0.2) is 0 Å². The molecule has 5 N–H and O–H groups in total. The smallest absolute Gasteiger partial charge is 0.346 e. The molecule has 1 aromatic carbocycles. The predicted octanol–water partition coefficient (Wildman–Crippen LogP) is 1.14. The fourth-order valence-corrected chi connectivity index (χ4v) is 3.16. The first-order valence-corrected chi connectivity index (χ1v) is 8.95. The topological polar surface area (TPSA) is 114 Å². The van der Waals surface area contributed by atoms with Crippen molar-refractivity contribution in [2.45, 2.75) is 44.9 Å². The van der Waals surface area contributed by atoms with Crippen molar-refractivity contribution in [3.05, 3.63) is 30.3 Å². The van der Waals surface area contributed by atoms with Crippen molar-refractivity contribution in [3.8, 4) is 0 Å². The van der Waals surface area contributed by atoms with E-state index in [9.17, 15) is 9.59 Å². The maximum Gasteiger partial charge on any atom is 0.346 e. The molecule has 0 aliphatic carbocycles. The molecule has 8 nitrogen and oxygen atoms in total. The summed E-state index contributed by atoms with van der Waals surface area (Å²) in [6, 6.07) is 8.77. The van der Waals surface area contributed by atoms with Crippen molar-refractivity contribution >= 4 is 17.6 Å². The van der Waals surface area contributed by atoms with Crippen LogP contribution in [0.25, 0.3) is 0 Å². The molecule has 0 unspecified atom stereocenters. The molecule has 3 amide bonds. The molecule has 0 saturated carbocycles. The van der Waals surface area contributed by atoms with E-state index >= 15 is 0 Å². The first-order valence-electron chi connectivity index (χ1n) is 8.95. The molecule has 0 radical (unpaired) electrons. The number of nitrogens with zero attached hydrogens (tertiary/aromatic N) is 2. The number of hydroxylamine groups is 2. The second-order valence-corrected chi connectivity index (χ2v) is 6.79. The van der Waals surface area contributed by atoms with Gasteiger partial charge >= 0.3 is 6.03 Å². The van der Waals surface area contributed by atoms with Gasteiger partial charge in [0.2, 0.25) is 5.91 Å².